The minimum atomic E-state index is -0.703. The van der Waals surface area contributed by atoms with Crippen LogP contribution >= 0.6 is 23.2 Å². The fourth-order valence-electron chi connectivity index (χ4n) is 2.30. The molecule has 1 aromatic heterocycles. The molecule has 0 bridgehead atoms. The maximum absolute atomic E-state index is 12.3. The van der Waals surface area contributed by atoms with E-state index in [4.69, 9.17) is 27.9 Å². The molecule has 2 aromatic rings. The third kappa shape index (κ3) is 3.84. The van der Waals surface area contributed by atoms with Crippen molar-refractivity contribution in [2.24, 2.45) is 0 Å². The lowest BCUT2D eigenvalue weighted by molar-refractivity contribution is -0.389. The van der Waals surface area contributed by atoms with Gasteiger partial charge >= 0.3 is 5.82 Å². The van der Waals surface area contributed by atoms with Gasteiger partial charge in [-0.2, -0.15) is 0 Å². The molecule has 0 saturated heterocycles. The lowest BCUT2D eigenvalue weighted by atomic mass is 10.3. The second-order valence-corrected chi connectivity index (χ2v) is 6.10. The summed E-state index contributed by atoms with van der Waals surface area (Å²) in [6.07, 6.45) is 0. The first-order valence-corrected chi connectivity index (χ1v) is 7.93. The molecule has 26 heavy (non-hydrogen) atoms. The average molecular weight is 397 g/mol. The van der Waals surface area contributed by atoms with E-state index < -0.39 is 29.1 Å². The lowest BCUT2D eigenvalue weighted by Crippen LogP contribution is -2.44. The van der Waals surface area contributed by atoms with Crippen molar-refractivity contribution in [2.45, 2.75) is 0 Å². The van der Waals surface area contributed by atoms with Crippen molar-refractivity contribution < 1.29 is 19.2 Å². The Morgan fingerprint density at radius 1 is 1.31 bits per heavy atom. The van der Waals surface area contributed by atoms with Crippen molar-refractivity contribution in [1.29, 1.82) is 0 Å². The molecule has 134 valence electrons. The van der Waals surface area contributed by atoms with Crippen molar-refractivity contribution in [2.75, 3.05) is 23.4 Å². The van der Waals surface area contributed by atoms with Crippen LogP contribution in [0.25, 0.3) is 0 Å². The molecule has 3 rings (SSSR count). The van der Waals surface area contributed by atoms with E-state index in [1.807, 2.05) is 0 Å². The van der Waals surface area contributed by atoms with Gasteiger partial charge < -0.3 is 20.2 Å². The van der Waals surface area contributed by atoms with E-state index in [0.717, 1.165) is 11.0 Å². The zero-order valence-electron chi connectivity index (χ0n) is 12.9. The number of anilines is 2. The summed E-state index contributed by atoms with van der Waals surface area (Å²) < 4.78 is 5.19. The van der Waals surface area contributed by atoms with Crippen molar-refractivity contribution >= 4 is 52.3 Å². The van der Waals surface area contributed by atoms with Gasteiger partial charge in [0, 0.05) is 21.8 Å². The summed E-state index contributed by atoms with van der Waals surface area (Å²) in [5, 5.41) is 14.1. The highest BCUT2D eigenvalue weighted by Gasteiger charge is 2.33. The number of nitrogens with zero attached hydrogens (tertiary/aromatic N) is 3. The highest BCUT2D eigenvalue weighted by Crippen LogP contribution is 2.32. The van der Waals surface area contributed by atoms with Crippen LogP contribution in [0.1, 0.15) is 0 Å². The Balaban J connectivity index is 1.83. The van der Waals surface area contributed by atoms with Gasteiger partial charge in [-0.05, 0) is 34.2 Å². The average Bonchev–Trinajstić information content (AvgIpc) is 2.56. The fourth-order valence-corrected chi connectivity index (χ4v) is 2.83. The Labute approximate surface area is 156 Å². The second-order valence-electron chi connectivity index (χ2n) is 5.22. The number of hydrogen-bond donors (Lipinski definition) is 1. The second kappa shape index (κ2) is 7.14. The molecule has 9 nitrogen and oxygen atoms in total. The number of ether oxygens (including phenoxy) is 1. The molecule has 0 radical (unpaired) electrons. The number of fused-ring (bicyclic) bond motifs is 1. The van der Waals surface area contributed by atoms with Crippen LogP contribution in [0.15, 0.2) is 30.3 Å². The molecule has 0 spiro atoms. The van der Waals surface area contributed by atoms with Gasteiger partial charge in [-0.25, -0.2) is 0 Å². The van der Waals surface area contributed by atoms with Crippen LogP contribution in [0.2, 0.25) is 10.0 Å². The number of carbonyl (C=O) groups is 2. The third-order valence-corrected chi connectivity index (χ3v) is 3.80. The van der Waals surface area contributed by atoms with Gasteiger partial charge in [0.25, 0.3) is 11.7 Å². The SMILES string of the molecule is O=C(CN1C(=O)COc2ccc([N+](=O)[O-])nc21)Nc1cc(Cl)cc(Cl)c1. The number of pyridine rings is 1. The monoisotopic (exact) mass is 396 g/mol. The molecule has 0 fully saturated rings. The van der Waals surface area contributed by atoms with Crippen LogP contribution in [0, 0.1) is 10.1 Å². The van der Waals surface area contributed by atoms with Crippen molar-refractivity contribution in [3.63, 3.8) is 0 Å². The zero-order valence-corrected chi connectivity index (χ0v) is 14.5. The molecule has 0 atom stereocenters. The molecule has 0 saturated carbocycles. The maximum Gasteiger partial charge on any atom is 0.366 e. The maximum atomic E-state index is 12.3. The summed E-state index contributed by atoms with van der Waals surface area (Å²) in [5.41, 5.74) is 0.348. The predicted octanol–water partition coefficient (Wildman–Crippen LogP) is 2.66. The largest absolute Gasteiger partial charge is 0.477 e. The molecule has 11 heteroatoms. The van der Waals surface area contributed by atoms with E-state index in [0.29, 0.717) is 15.7 Å². The number of nitro groups is 1. The molecule has 0 unspecified atom stereocenters. The Hall–Kier alpha value is -2.91. The molecule has 1 aromatic carbocycles. The van der Waals surface area contributed by atoms with E-state index in [-0.39, 0.29) is 18.2 Å². The molecular weight excluding hydrogens is 387 g/mol. The summed E-state index contributed by atoms with van der Waals surface area (Å²) in [5.74, 6) is -1.49. The van der Waals surface area contributed by atoms with E-state index in [9.17, 15) is 19.7 Å². The number of hydrogen-bond acceptors (Lipinski definition) is 6. The number of amides is 2. The van der Waals surface area contributed by atoms with Crippen LogP contribution in [-0.2, 0) is 9.59 Å². The van der Waals surface area contributed by atoms with Crippen LogP contribution in [-0.4, -0.2) is 34.9 Å². The van der Waals surface area contributed by atoms with Crippen LogP contribution in [0.3, 0.4) is 0 Å². The Morgan fingerprint density at radius 3 is 2.65 bits per heavy atom. The highest BCUT2D eigenvalue weighted by atomic mass is 35.5. The Kier molecular flexibility index (Phi) is 4.92. The molecular formula is C15H10Cl2N4O5. The van der Waals surface area contributed by atoms with Gasteiger partial charge in [0.15, 0.2) is 12.4 Å². The van der Waals surface area contributed by atoms with Gasteiger partial charge in [-0.15, -0.1) is 0 Å². The smallest absolute Gasteiger partial charge is 0.366 e. The molecule has 2 heterocycles. The van der Waals surface area contributed by atoms with Crippen molar-refractivity contribution in [1.82, 2.24) is 4.98 Å². The summed E-state index contributed by atoms with van der Waals surface area (Å²) in [6, 6.07) is 6.96. The number of halogens is 2. The quantitative estimate of drug-likeness (QED) is 0.627. The summed E-state index contributed by atoms with van der Waals surface area (Å²) in [4.78, 5) is 39.4. The summed E-state index contributed by atoms with van der Waals surface area (Å²) in [6.45, 7) is -0.712. The number of rotatable bonds is 4. The first-order valence-electron chi connectivity index (χ1n) is 7.18. The minimum Gasteiger partial charge on any atom is -0.477 e. The topological polar surface area (TPSA) is 115 Å². The third-order valence-electron chi connectivity index (χ3n) is 3.37. The molecule has 1 N–H and O–H groups in total. The molecule has 0 aliphatic carbocycles. The van der Waals surface area contributed by atoms with Crippen LogP contribution in [0.4, 0.5) is 17.3 Å². The number of benzene rings is 1. The van der Waals surface area contributed by atoms with E-state index in [2.05, 4.69) is 10.3 Å². The van der Waals surface area contributed by atoms with Crippen molar-refractivity contribution in [3.8, 4) is 5.75 Å². The standard InChI is InChI=1S/C15H10Cl2N4O5/c16-8-3-9(17)5-10(4-8)18-13(22)6-20-14(23)7-26-11-1-2-12(21(24)25)19-15(11)20/h1-5H,6-7H2,(H,18,22). The van der Waals surface area contributed by atoms with Gasteiger partial charge in [0.05, 0.1) is 0 Å². The van der Waals surface area contributed by atoms with E-state index in [1.54, 1.807) is 0 Å². The first-order chi connectivity index (χ1) is 12.3. The molecule has 1 aliphatic rings. The van der Waals surface area contributed by atoms with Crippen LogP contribution < -0.4 is 15.0 Å². The fraction of sp³-hybridized carbons (Fsp3) is 0.133. The highest BCUT2D eigenvalue weighted by molar-refractivity contribution is 6.35. The van der Waals surface area contributed by atoms with E-state index in [1.165, 1.54) is 24.3 Å². The van der Waals surface area contributed by atoms with Gasteiger partial charge in [-0.1, -0.05) is 23.2 Å². The Bertz CT molecular complexity index is 901. The van der Waals surface area contributed by atoms with Crippen LogP contribution in [0.5, 0.6) is 5.75 Å². The normalized spacial score (nSPS) is 13.0. The number of nitrogens with one attached hydrogen (secondary N) is 1. The van der Waals surface area contributed by atoms with Gasteiger partial charge in [0.1, 0.15) is 6.54 Å². The Morgan fingerprint density at radius 2 is 2.00 bits per heavy atom. The van der Waals surface area contributed by atoms with Gasteiger partial charge in [0.2, 0.25) is 5.91 Å². The molecule has 1 aliphatic heterocycles. The minimum absolute atomic E-state index is 0.0882. The van der Waals surface area contributed by atoms with Gasteiger partial charge in [-0.3, -0.25) is 14.5 Å². The summed E-state index contributed by atoms with van der Waals surface area (Å²) in [7, 11) is 0. The predicted molar refractivity (Wildman–Crippen MR) is 93.8 cm³/mol. The lowest BCUT2D eigenvalue weighted by Gasteiger charge is -2.24. The summed E-state index contributed by atoms with van der Waals surface area (Å²) >= 11 is 11.7. The molecule has 2 amide bonds. The van der Waals surface area contributed by atoms with E-state index >= 15 is 0 Å². The zero-order chi connectivity index (χ0) is 18.8. The van der Waals surface area contributed by atoms with Crippen molar-refractivity contribution in [3.05, 3.63) is 50.5 Å². The number of aromatic nitrogens is 1. The first kappa shape index (κ1) is 17.9. The number of carbonyl (C=O) groups excluding carboxylic acids is 2.